The molecule has 1 rings (SSSR count). The fourth-order valence-electron chi connectivity index (χ4n) is 1.83. The molecule has 0 unspecified atom stereocenters. The third kappa shape index (κ3) is 5.73. The third-order valence-corrected chi connectivity index (χ3v) is 4.57. The standard InChI is InChI=1S/C15H23ClN2OS/c1-4-18(5-2)9-10-20-11-15(19)17-14-8-6-7-13(16)12(14)3/h6-8H,4-5,9-11H2,1-3H3,(H,17,19). The summed E-state index contributed by atoms with van der Waals surface area (Å²) < 4.78 is 0. The number of carbonyl (C=O) groups is 1. The van der Waals surface area contributed by atoms with Crippen molar-refractivity contribution in [2.45, 2.75) is 20.8 Å². The van der Waals surface area contributed by atoms with Gasteiger partial charge in [0.2, 0.25) is 5.91 Å². The van der Waals surface area contributed by atoms with Crippen molar-refractivity contribution < 1.29 is 4.79 Å². The van der Waals surface area contributed by atoms with Gasteiger partial charge in [-0.3, -0.25) is 4.79 Å². The first-order chi connectivity index (χ1) is 9.58. The van der Waals surface area contributed by atoms with Crippen LogP contribution in [-0.4, -0.2) is 41.9 Å². The molecule has 0 saturated heterocycles. The van der Waals surface area contributed by atoms with Crippen molar-refractivity contribution in [3.05, 3.63) is 28.8 Å². The predicted octanol–water partition coefficient (Wildman–Crippen LogP) is 3.66. The van der Waals surface area contributed by atoms with Crippen LogP contribution in [0.25, 0.3) is 0 Å². The molecule has 0 atom stereocenters. The van der Waals surface area contributed by atoms with Crippen LogP contribution in [0.4, 0.5) is 5.69 Å². The van der Waals surface area contributed by atoms with Crippen molar-refractivity contribution in [2.75, 3.05) is 36.5 Å². The number of nitrogens with zero attached hydrogens (tertiary/aromatic N) is 1. The molecule has 0 fully saturated rings. The topological polar surface area (TPSA) is 32.3 Å². The number of benzene rings is 1. The average molecular weight is 315 g/mol. The highest BCUT2D eigenvalue weighted by atomic mass is 35.5. The summed E-state index contributed by atoms with van der Waals surface area (Å²) in [7, 11) is 0. The van der Waals surface area contributed by atoms with Crippen LogP contribution in [0, 0.1) is 6.92 Å². The van der Waals surface area contributed by atoms with Gasteiger partial charge in [-0.2, -0.15) is 11.8 Å². The Kier molecular flexibility index (Phi) is 8.04. The molecule has 20 heavy (non-hydrogen) atoms. The Balaban J connectivity index is 2.32. The minimum atomic E-state index is 0.0277. The number of carbonyl (C=O) groups excluding carboxylic acids is 1. The molecule has 0 radical (unpaired) electrons. The van der Waals surface area contributed by atoms with Crippen LogP contribution in [-0.2, 0) is 4.79 Å². The molecule has 0 saturated carbocycles. The van der Waals surface area contributed by atoms with E-state index in [4.69, 9.17) is 11.6 Å². The maximum Gasteiger partial charge on any atom is 0.234 e. The second-order valence-electron chi connectivity index (χ2n) is 4.54. The van der Waals surface area contributed by atoms with Gasteiger partial charge in [-0.05, 0) is 37.7 Å². The predicted molar refractivity (Wildman–Crippen MR) is 89.9 cm³/mol. The maximum atomic E-state index is 11.9. The third-order valence-electron chi connectivity index (χ3n) is 3.22. The molecular weight excluding hydrogens is 292 g/mol. The number of rotatable bonds is 8. The van der Waals surface area contributed by atoms with Crippen LogP contribution in [0.15, 0.2) is 18.2 Å². The quantitative estimate of drug-likeness (QED) is 0.743. The van der Waals surface area contributed by atoms with Crippen molar-refractivity contribution in [3.8, 4) is 0 Å². The second kappa shape index (κ2) is 9.27. The van der Waals surface area contributed by atoms with Gasteiger partial charge in [-0.15, -0.1) is 0 Å². The van der Waals surface area contributed by atoms with Gasteiger partial charge in [0.25, 0.3) is 0 Å². The smallest absolute Gasteiger partial charge is 0.234 e. The first kappa shape index (κ1) is 17.3. The lowest BCUT2D eigenvalue weighted by atomic mass is 10.2. The monoisotopic (exact) mass is 314 g/mol. The van der Waals surface area contributed by atoms with Gasteiger partial charge in [0.15, 0.2) is 0 Å². The molecule has 112 valence electrons. The summed E-state index contributed by atoms with van der Waals surface area (Å²) in [4.78, 5) is 14.2. The number of halogens is 1. The molecule has 0 spiro atoms. The van der Waals surface area contributed by atoms with Crippen molar-refractivity contribution >= 4 is 35.0 Å². The zero-order chi connectivity index (χ0) is 15.0. The summed E-state index contributed by atoms with van der Waals surface area (Å²) >= 11 is 7.69. The lowest BCUT2D eigenvalue weighted by molar-refractivity contribution is -0.113. The van der Waals surface area contributed by atoms with Crippen LogP contribution >= 0.6 is 23.4 Å². The lowest BCUT2D eigenvalue weighted by Gasteiger charge is -2.17. The second-order valence-corrected chi connectivity index (χ2v) is 6.05. The maximum absolute atomic E-state index is 11.9. The fraction of sp³-hybridized carbons (Fsp3) is 0.533. The van der Waals surface area contributed by atoms with Crippen LogP contribution in [0.5, 0.6) is 0 Å². The average Bonchev–Trinajstić information content (AvgIpc) is 2.44. The van der Waals surface area contributed by atoms with Gasteiger partial charge < -0.3 is 10.2 Å². The number of hydrogen-bond acceptors (Lipinski definition) is 3. The zero-order valence-electron chi connectivity index (χ0n) is 12.4. The minimum Gasteiger partial charge on any atom is -0.325 e. The van der Waals surface area contributed by atoms with Gasteiger partial charge in [0.1, 0.15) is 0 Å². The Bertz CT molecular complexity index is 436. The van der Waals surface area contributed by atoms with Crippen molar-refractivity contribution in [1.82, 2.24) is 4.90 Å². The Labute approximate surface area is 131 Å². The van der Waals surface area contributed by atoms with Gasteiger partial charge >= 0.3 is 0 Å². The minimum absolute atomic E-state index is 0.0277. The summed E-state index contributed by atoms with van der Waals surface area (Å²) in [5.41, 5.74) is 1.71. The molecule has 1 N–H and O–H groups in total. The number of hydrogen-bond donors (Lipinski definition) is 1. The van der Waals surface area contributed by atoms with E-state index < -0.39 is 0 Å². The van der Waals surface area contributed by atoms with E-state index in [1.165, 1.54) is 0 Å². The Morgan fingerprint density at radius 3 is 2.70 bits per heavy atom. The molecule has 0 heterocycles. The molecule has 1 aromatic rings. The number of anilines is 1. The highest BCUT2D eigenvalue weighted by Gasteiger charge is 2.07. The zero-order valence-corrected chi connectivity index (χ0v) is 14.0. The molecule has 0 bridgehead atoms. The summed E-state index contributed by atoms with van der Waals surface area (Å²) in [6.07, 6.45) is 0. The Morgan fingerprint density at radius 1 is 1.35 bits per heavy atom. The van der Waals surface area contributed by atoms with Gasteiger partial charge in [-0.25, -0.2) is 0 Å². The van der Waals surface area contributed by atoms with E-state index in [0.29, 0.717) is 10.8 Å². The normalized spacial score (nSPS) is 10.8. The first-order valence-electron chi connectivity index (χ1n) is 6.93. The van der Waals surface area contributed by atoms with E-state index in [-0.39, 0.29) is 5.91 Å². The Morgan fingerprint density at radius 2 is 2.05 bits per heavy atom. The van der Waals surface area contributed by atoms with E-state index in [1.807, 2.05) is 25.1 Å². The number of amides is 1. The molecule has 1 amide bonds. The highest BCUT2D eigenvalue weighted by Crippen LogP contribution is 2.23. The molecule has 5 heteroatoms. The first-order valence-corrected chi connectivity index (χ1v) is 8.46. The SMILES string of the molecule is CCN(CC)CCSCC(=O)Nc1cccc(Cl)c1C. The van der Waals surface area contributed by atoms with Crippen molar-refractivity contribution in [2.24, 2.45) is 0 Å². The van der Waals surface area contributed by atoms with Crippen LogP contribution < -0.4 is 5.32 Å². The van der Waals surface area contributed by atoms with Gasteiger partial charge in [0.05, 0.1) is 5.75 Å². The highest BCUT2D eigenvalue weighted by molar-refractivity contribution is 7.99. The largest absolute Gasteiger partial charge is 0.325 e. The summed E-state index contributed by atoms with van der Waals surface area (Å²) in [5.74, 6) is 1.48. The number of thioether (sulfide) groups is 1. The van der Waals surface area contributed by atoms with Crippen molar-refractivity contribution in [1.29, 1.82) is 0 Å². The van der Waals surface area contributed by atoms with Crippen LogP contribution in [0.3, 0.4) is 0 Å². The van der Waals surface area contributed by atoms with Crippen LogP contribution in [0.1, 0.15) is 19.4 Å². The number of nitrogens with one attached hydrogen (secondary N) is 1. The van der Waals surface area contributed by atoms with E-state index in [9.17, 15) is 4.79 Å². The molecular formula is C15H23ClN2OS. The Hall–Kier alpha value is -0.710. The van der Waals surface area contributed by atoms with E-state index in [0.717, 1.165) is 36.6 Å². The van der Waals surface area contributed by atoms with Gasteiger partial charge in [0, 0.05) is 23.0 Å². The van der Waals surface area contributed by atoms with E-state index >= 15 is 0 Å². The van der Waals surface area contributed by atoms with Crippen molar-refractivity contribution in [3.63, 3.8) is 0 Å². The molecule has 0 aliphatic heterocycles. The summed E-state index contributed by atoms with van der Waals surface area (Å²) in [5, 5.41) is 3.59. The fourth-order valence-corrected chi connectivity index (χ4v) is 2.79. The molecule has 0 aliphatic carbocycles. The van der Waals surface area contributed by atoms with E-state index in [2.05, 4.69) is 24.1 Å². The molecule has 0 aromatic heterocycles. The van der Waals surface area contributed by atoms with Crippen LogP contribution in [0.2, 0.25) is 5.02 Å². The van der Waals surface area contributed by atoms with E-state index in [1.54, 1.807) is 11.8 Å². The summed E-state index contributed by atoms with van der Waals surface area (Å²) in [6.45, 7) is 9.37. The van der Waals surface area contributed by atoms with Gasteiger partial charge in [-0.1, -0.05) is 31.5 Å². The lowest BCUT2D eigenvalue weighted by Crippen LogP contribution is -2.26. The summed E-state index contributed by atoms with van der Waals surface area (Å²) in [6, 6.07) is 5.55. The molecule has 0 aliphatic rings. The molecule has 1 aromatic carbocycles. The molecule has 3 nitrogen and oxygen atoms in total.